The highest BCUT2D eigenvalue weighted by atomic mass is 15.4. The highest BCUT2D eigenvalue weighted by molar-refractivity contribution is 5.66. The van der Waals surface area contributed by atoms with Crippen LogP contribution in [-0.4, -0.2) is 9.67 Å². The predicted octanol–water partition coefficient (Wildman–Crippen LogP) is 2.58. The van der Waals surface area contributed by atoms with E-state index in [0.717, 1.165) is 0 Å². The first-order chi connectivity index (χ1) is 9.27. The number of benzene rings is 1. The molecule has 94 valence electrons. The molecule has 1 aromatic carbocycles. The predicted molar refractivity (Wildman–Crippen MR) is 75.3 cm³/mol. The molecule has 2 aromatic heterocycles. The van der Waals surface area contributed by atoms with Crippen molar-refractivity contribution in [3.8, 4) is 22.5 Å². The molecule has 0 N–H and O–H groups in total. The smallest absolute Gasteiger partial charge is 0.238 e. The summed E-state index contributed by atoms with van der Waals surface area (Å²) in [6.07, 6.45) is 3.65. The van der Waals surface area contributed by atoms with E-state index in [9.17, 15) is 0 Å². The van der Waals surface area contributed by atoms with Crippen LogP contribution in [0.4, 0.5) is 0 Å². The Labute approximate surface area is 112 Å². The third-order valence-electron chi connectivity index (χ3n) is 3.47. The summed E-state index contributed by atoms with van der Waals surface area (Å²) in [4.78, 5) is 4.07. The first kappa shape index (κ1) is 11.7. The zero-order valence-corrected chi connectivity index (χ0v) is 11.1. The van der Waals surface area contributed by atoms with E-state index in [1.165, 1.54) is 22.5 Å². The lowest BCUT2D eigenvalue weighted by Gasteiger charge is -1.99. The maximum Gasteiger partial charge on any atom is 0.238 e. The van der Waals surface area contributed by atoms with E-state index in [1.807, 2.05) is 30.6 Å². The van der Waals surface area contributed by atoms with E-state index in [1.54, 1.807) is 0 Å². The molecule has 3 nitrogen and oxygen atoms in total. The van der Waals surface area contributed by atoms with Crippen molar-refractivity contribution in [3.05, 3.63) is 60.9 Å². The summed E-state index contributed by atoms with van der Waals surface area (Å²) in [6, 6.07) is 16.7. The Kier molecular flexibility index (Phi) is 2.88. The summed E-state index contributed by atoms with van der Waals surface area (Å²) in [7, 11) is 4.15. The number of hydrogen-bond donors (Lipinski definition) is 0. The molecule has 0 aliphatic carbocycles. The van der Waals surface area contributed by atoms with Crippen LogP contribution in [0.25, 0.3) is 22.5 Å². The summed E-state index contributed by atoms with van der Waals surface area (Å²) >= 11 is 0. The number of hydrogen-bond acceptors (Lipinski definition) is 1. The fourth-order valence-corrected chi connectivity index (χ4v) is 2.31. The molecule has 2 heterocycles. The first-order valence-electron chi connectivity index (χ1n) is 6.29. The molecule has 3 rings (SSSR count). The molecule has 0 aliphatic rings. The van der Waals surface area contributed by atoms with Crippen LogP contribution in [0.5, 0.6) is 0 Å². The van der Waals surface area contributed by atoms with E-state index < -0.39 is 0 Å². The summed E-state index contributed by atoms with van der Waals surface area (Å²) in [5.41, 5.74) is 4.79. The topological polar surface area (TPSA) is 21.7 Å². The lowest BCUT2D eigenvalue weighted by molar-refractivity contribution is -0.740. The van der Waals surface area contributed by atoms with E-state index in [0.29, 0.717) is 0 Å². The molecule has 0 amide bonds. The van der Waals surface area contributed by atoms with Crippen LogP contribution >= 0.6 is 0 Å². The summed E-state index contributed by atoms with van der Waals surface area (Å²) < 4.78 is 4.31. The van der Waals surface area contributed by atoms with Gasteiger partial charge in [0.25, 0.3) is 0 Å². The van der Waals surface area contributed by atoms with E-state index in [4.69, 9.17) is 0 Å². The average molecular weight is 250 g/mol. The zero-order chi connectivity index (χ0) is 13.2. The van der Waals surface area contributed by atoms with Crippen molar-refractivity contribution in [3.63, 3.8) is 0 Å². The fourth-order valence-electron chi connectivity index (χ4n) is 2.31. The fraction of sp³-hybridized carbons (Fsp3) is 0.125. The lowest BCUT2D eigenvalue weighted by Crippen LogP contribution is -2.39. The minimum atomic E-state index is 1.18. The van der Waals surface area contributed by atoms with Crippen molar-refractivity contribution in [1.82, 2.24) is 9.67 Å². The maximum atomic E-state index is 4.07. The van der Waals surface area contributed by atoms with Gasteiger partial charge in [0.05, 0.1) is 7.05 Å². The minimum Gasteiger partial charge on any atom is -0.265 e. The van der Waals surface area contributed by atoms with Crippen LogP contribution in [0.1, 0.15) is 0 Å². The van der Waals surface area contributed by atoms with Crippen molar-refractivity contribution in [2.45, 2.75) is 0 Å². The van der Waals surface area contributed by atoms with E-state index >= 15 is 0 Å². The second-order valence-electron chi connectivity index (χ2n) is 4.56. The van der Waals surface area contributed by atoms with Gasteiger partial charge in [-0.15, -0.1) is 4.68 Å². The summed E-state index contributed by atoms with van der Waals surface area (Å²) in [5, 5.41) is 0. The van der Waals surface area contributed by atoms with Gasteiger partial charge in [0.1, 0.15) is 5.69 Å². The Morgan fingerprint density at radius 3 is 2.32 bits per heavy atom. The van der Waals surface area contributed by atoms with Gasteiger partial charge in [-0.05, 0) is 24.3 Å². The number of aromatic nitrogens is 3. The molecule has 0 bridgehead atoms. The Morgan fingerprint density at radius 2 is 1.63 bits per heavy atom. The van der Waals surface area contributed by atoms with Gasteiger partial charge in [0, 0.05) is 29.6 Å². The Balaban J connectivity index is 2.16. The van der Waals surface area contributed by atoms with Gasteiger partial charge in [0.2, 0.25) is 5.69 Å². The van der Waals surface area contributed by atoms with Crippen LogP contribution in [0, 0.1) is 0 Å². The molecule has 0 unspecified atom stereocenters. The SMILES string of the molecule is Cn1c(-c2ccncc2)cc(-c2ccccc2)[n+]1C. The summed E-state index contributed by atoms with van der Waals surface area (Å²) in [6.45, 7) is 0. The van der Waals surface area contributed by atoms with Crippen LogP contribution < -0.4 is 4.68 Å². The third kappa shape index (κ3) is 2.03. The molecule has 0 saturated carbocycles. The molecule has 0 atom stereocenters. The molecule has 0 fully saturated rings. The summed E-state index contributed by atoms with van der Waals surface area (Å²) in [5.74, 6) is 0. The molecule has 0 spiro atoms. The lowest BCUT2D eigenvalue weighted by atomic mass is 10.1. The molecule has 0 radical (unpaired) electrons. The van der Waals surface area contributed by atoms with Gasteiger partial charge in [-0.3, -0.25) is 4.98 Å². The van der Waals surface area contributed by atoms with Gasteiger partial charge in [-0.25, -0.2) is 0 Å². The number of rotatable bonds is 2. The molecule has 19 heavy (non-hydrogen) atoms. The molecule has 3 aromatic rings. The highest BCUT2D eigenvalue weighted by Gasteiger charge is 2.19. The Morgan fingerprint density at radius 1 is 0.947 bits per heavy atom. The van der Waals surface area contributed by atoms with Crippen molar-refractivity contribution in [2.75, 3.05) is 0 Å². The van der Waals surface area contributed by atoms with Crippen molar-refractivity contribution >= 4 is 0 Å². The monoisotopic (exact) mass is 250 g/mol. The quantitative estimate of drug-likeness (QED) is 0.641. The van der Waals surface area contributed by atoms with Gasteiger partial charge < -0.3 is 0 Å². The second kappa shape index (κ2) is 4.69. The van der Waals surface area contributed by atoms with Crippen LogP contribution in [0.2, 0.25) is 0 Å². The van der Waals surface area contributed by atoms with E-state index in [-0.39, 0.29) is 0 Å². The molecular weight excluding hydrogens is 234 g/mol. The van der Waals surface area contributed by atoms with Crippen LogP contribution in [-0.2, 0) is 14.1 Å². The minimum absolute atomic E-state index is 1.18. The highest BCUT2D eigenvalue weighted by Crippen LogP contribution is 2.23. The Hall–Kier alpha value is -2.42. The first-order valence-corrected chi connectivity index (χ1v) is 6.29. The largest absolute Gasteiger partial charge is 0.265 e. The van der Waals surface area contributed by atoms with Gasteiger partial charge >= 0.3 is 0 Å². The van der Waals surface area contributed by atoms with Gasteiger partial charge in [-0.1, -0.05) is 18.2 Å². The van der Waals surface area contributed by atoms with Crippen LogP contribution in [0.3, 0.4) is 0 Å². The normalized spacial score (nSPS) is 10.6. The van der Waals surface area contributed by atoms with Crippen molar-refractivity contribution in [1.29, 1.82) is 0 Å². The van der Waals surface area contributed by atoms with Crippen molar-refractivity contribution in [2.24, 2.45) is 14.1 Å². The molecular formula is C16H16N3+. The van der Waals surface area contributed by atoms with Gasteiger partial charge in [0.15, 0.2) is 7.05 Å². The number of pyridine rings is 1. The molecule has 0 saturated heterocycles. The van der Waals surface area contributed by atoms with E-state index in [2.05, 4.69) is 58.8 Å². The standard InChI is InChI=1S/C16H16N3/c1-18-15(13-6-4-3-5-7-13)12-16(19(18)2)14-8-10-17-11-9-14/h3-12H,1-2H3/q+1. The van der Waals surface area contributed by atoms with Gasteiger partial charge in [-0.2, -0.15) is 4.68 Å². The molecule has 3 heteroatoms. The van der Waals surface area contributed by atoms with Crippen LogP contribution in [0.15, 0.2) is 60.9 Å². The zero-order valence-electron chi connectivity index (χ0n) is 11.1. The third-order valence-corrected chi connectivity index (χ3v) is 3.47. The van der Waals surface area contributed by atoms with Crippen molar-refractivity contribution < 1.29 is 4.68 Å². The Bertz CT molecular complexity index is 625. The average Bonchev–Trinajstić information content (AvgIpc) is 2.77. The number of nitrogens with zero attached hydrogens (tertiary/aromatic N) is 3. The maximum absolute atomic E-state index is 4.07. The second-order valence-corrected chi connectivity index (χ2v) is 4.56. The molecule has 0 aliphatic heterocycles.